The number of hydrogen-bond acceptors (Lipinski definition) is 2. The van der Waals surface area contributed by atoms with Gasteiger partial charge in [-0.15, -0.1) is 0 Å². The van der Waals surface area contributed by atoms with Crippen LogP contribution < -0.4 is 10.6 Å². The third kappa shape index (κ3) is 3.33. The van der Waals surface area contributed by atoms with Gasteiger partial charge in [0.25, 0.3) is 0 Å². The summed E-state index contributed by atoms with van der Waals surface area (Å²) >= 11 is 0. The first kappa shape index (κ1) is 14.7. The van der Waals surface area contributed by atoms with E-state index in [9.17, 15) is 4.79 Å². The predicted octanol–water partition coefficient (Wildman–Crippen LogP) is 2.40. The molecule has 2 unspecified atom stereocenters. The third-order valence-electron chi connectivity index (χ3n) is 3.31. The molecule has 0 fully saturated rings. The summed E-state index contributed by atoms with van der Waals surface area (Å²) in [6, 6.07) is 4.35. The quantitative estimate of drug-likeness (QED) is 0.859. The van der Waals surface area contributed by atoms with Crippen molar-refractivity contribution in [2.24, 2.45) is 0 Å². The molecule has 100 valence electrons. The molecular weight excluding hydrogens is 224 g/mol. The Kier molecular flexibility index (Phi) is 4.91. The maximum atomic E-state index is 11.5. The molecule has 0 radical (unpaired) electrons. The zero-order chi connectivity index (χ0) is 13.9. The van der Waals surface area contributed by atoms with Gasteiger partial charge in [0.05, 0.1) is 6.04 Å². The Morgan fingerprint density at radius 2 is 1.61 bits per heavy atom. The highest BCUT2D eigenvalue weighted by atomic mass is 16.2. The summed E-state index contributed by atoms with van der Waals surface area (Å²) in [4.78, 5) is 11.5. The van der Waals surface area contributed by atoms with Crippen LogP contribution in [0.1, 0.15) is 42.1 Å². The highest BCUT2D eigenvalue weighted by Gasteiger charge is 2.17. The van der Waals surface area contributed by atoms with Crippen LogP contribution in [0, 0.1) is 20.8 Å². The first-order valence-corrected chi connectivity index (χ1v) is 6.42. The fourth-order valence-electron chi connectivity index (χ4n) is 2.62. The Labute approximate surface area is 110 Å². The summed E-state index contributed by atoms with van der Waals surface area (Å²) in [5.41, 5.74) is 5.12. The van der Waals surface area contributed by atoms with Crippen LogP contribution in [0.15, 0.2) is 12.1 Å². The van der Waals surface area contributed by atoms with E-state index < -0.39 is 0 Å². The molecule has 1 aromatic rings. The number of hydrogen-bond donors (Lipinski definition) is 2. The van der Waals surface area contributed by atoms with Crippen LogP contribution in [0.5, 0.6) is 0 Å². The van der Waals surface area contributed by atoms with E-state index in [0.717, 1.165) is 0 Å². The number of carbonyl (C=O) groups excluding carboxylic acids is 1. The third-order valence-corrected chi connectivity index (χ3v) is 3.31. The second-order valence-corrected chi connectivity index (χ2v) is 5.04. The van der Waals surface area contributed by atoms with Gasteiger partial charge in [-0.3, -0.25) is 10.1 Å². The summed E-state index contributed by atoms with van der Waals surface area (Å²) in [6.07, 6.45) is 0. The highest BCUT2D eigenvalue weighted by Crippen LogP contribution is 2.23. The molecule has 0 saturated carbocycles. The van der Waals surface area contributed by atoms with Crippen molar-refractivity contribution < 1.29 is 4.79 Å². The van der Waals surface area contributed by atoms with Gasteiger partial charge in [-0.05, 0) is 51.3 Å². The smallest absolute Gasteiger partial charge is 0.236 e. The molecule has 1 aromatic carbocycles. The van der Waals surface area contributed by atoms with Crippen molar-refractivity contribution in [2.45, 2.75) is 46.7 Å². The van der Waals surface area contributed by atoms with Crippen LogP contribution in [0.3, 0.4) is 0 Å². The molecule has 3 heteroatoms. The number of likely N-dealkylation sites (N-methyl/N-ethyl adjacent to an activating group) is 1. The Morgan fingerprint density at radius 3 is 2.06 bits per heavy atom. The maximum absolute atomic E-state index is 11.5. The summed E-state index contributed by atoms with van der Waals surface area (Å²) in [7, 11) is 1.66. The molecule has 2 N–H and O–H groups in total. The Bertz CT molecular complexity index is 417. The number of benzene rings is 1. The molecular formula is C15H24N2O. The van der Waals surface area contributed by atoms with E-state index in [0.29, 0.717) is 0 Å². The molecule has 3 nitrogen and oxygen atoms in total. The van der Waals surface area contributed by atoms with Gasteiger partial charge in [0.1, 0.15) is 0 Å². The lowest BCUT2D eigenvalue weighted by Gasteiger charge is -2.23. The van der Waals surface area contributed by atoms with Crippen molar-refractivity contribution in [1.29, 1.82) is 0 Å². The van der Waals surface area contributed by atoms with Crippen molar-refractivity contribution in [2.75, 3.05) is 7.05 Å². The Balaban J connectivity index is 2.91. The van der Waals surface area contributed by atoms with E-state index in [-0.39, 0.29) is 18.0 Å². The lowest BCUT2D eigenvalue weighted by molar-refractivity contribution is -0.122. The van der Waals surface area contributed by atoms with Gasteiger partial charge in [-0.25, -0.2) is 0 Å². The maximum Gasteiger partial charge on any atom is 0.236 e. The van der Waals surface area contributed by atoms with E-state index in [1.807, 2.05) is 6.92 Å². The van der Waals surface area contributed by atoms with Crippen molar-refractivity contribution in [3.05, 3.63) is 34.4 Å². The van der Waals surface area contributed by atoms with Gasteiger partial charge in [-0.2, -0.15) is 0 Å². The minimum Gasteiger partial charge on any atom is -0.358 e. The van der Waals surface area contributed by atoms with Crippen LogP contribution in [0.4, 0.5) is 0 Å². The summed E-state index contributed by atoms with van der Waals surface area (Å²) in [5, 5.41) is 5.99. The lowest BCUT2D eigenvalue weighted by atomic mass is 9.94. The highest BCUT2D eigenvalue weighted by molar-refractivity contribution is 5.81. The van der Waals surface area contributed by atoms with Gasteiger partial charge < -0.3 is 5.32 Å². The van der Waals surface area contributed by atoms with E-state index in [2.05, 4.69) is 50.5 Å². The molecule has 0 aliphatic rings. The fourth-order valence-corrected chi connectivity index (χ4v) is 2.62. The first-order valence-electron chi connectivity index (χ1n) is 6.42. The number of carbonyl (C=O) groups is 1. The molecule has 18 heavy (non-hydrogen) atoms. The van der Waals surface area contributed by atoms with Gasteiger partial charge in [-0.1, -0.05) is 17.7 Å². The van der Waals surface area contributed by atoms with E-state index in [1.165, 1.54) is 22.3 Å². The van der Waals surface area contributed by atoms with Crippen LogP contribution in [-0.4, -0.2) is 19.0 Å². The molecule has 1 rings (SSSR count). The van der Waals surface area contributed by atoms with Crippen molar-refractivity contribution in [3.63, 3.8) is 0 Å². The molecule has 1 amide bonds. The van der Waals surface area contributed by atoms with Gasteiger partial charge in [0, 0.05) is 13.1 Å². The molecule has 0 aromatic heterocycles. The number of aryl methyl sites for hydroxylation is 3. The van der Waals surface area contributed by atoms with Gasteiger partial charge in [0.2, 0.25) is 5.91 Å². The summed E-state index contributed by atoms with van der Waals surface area (Å²) in [5.74, 6) is 0.0178. The summed E-state index contributed by atoms with van der Waals surface area (Å²) in [6.45, 7) is 10.3. The van der Waals surface area contributed by atoms with Crippen molar-refractivity contribution in [1.82, 2.24) is 10.6 Å². The molecule has 0 spiro atoms. The summed E-state index contributed by atoms with van der Waals surface area (Å²) < 4.78 is 0. The van der Waals surface area contributed by atoms with Crippen LogP contribution >= 0.6 is 0 Å². The zero-order valence-electron chi connectivity index (χ0n) is 12.2. The largest absolute Gasteiger partial charge is 0.358 e. The molecule has 0 saturated heterocycles. The fraction of sp³-hybridized carbons (Fsp3) is 0.533. The van der Waals surface area contributed by atoms with Gasteiger partial charge in [0.15, 0.2) is 0 Å². The lowest BCUT2D eigenvalue weighted by Crippen LogP contribution is -2.41. The average molecular weight is 248 g/mol. The molecule has 0 aliphatic carbocycles. The average Bonchev–Trinajstić information content (AvgIpc) is 2.26. The molecule has 0 aliphatic heterocycles. The SMILES string of the molecule is CNC(=O)C(C)NC(C)c1c(C)cc(C)cc1C. The predicted molar refractivity (Wildman–Crippen MR) is 75.7 cm³/mol. The van der Waals surface area contributed by atoms with E-state index >= 15 is 0 Å². The van der Waals surface area contributed by atoms with Crippen molar-refractivity contribution in [3.8, 4) is 0 Å². The van der Waals surface area contributed by atoms with Crippen molar-refractivity contribution >= 4 is 5.91 Å². The Morgan fingerprint density at radius 1 is 1.11 bits per heavy atom. The second-order valence-electron chi connectivity index (χ2n) is 5.04. The first-order chi connectivity index (χ1) is 8.36. The minimum absolute atomic E-state index is 0.0178. The Hall–Kier alpha value is -1.35. The monoisotopic (exact) mass is 248 g/mol. The molecule has 0 bridgehead atoms. The number of rotatable bonds is 4. The zero-order valence-corrected chi connectivity index (χ0v) is 12.2. The normalized spacial score (nSPS) is 14.1. The number of amides is 1. The minimum atomic E-state index is -0.190. The van der Waals surface area contributed by atoms with Gasteiger partial charge >= 0.3 is 0 Å². The molecule has 0 heterocycles. The van der Waals surface area contributed by atoms with Crippen LogP contribution in [0.2, 0.25) is 0 Å². The van der Waals surface area contributed by atoms with Crippen LogP contribution in [-0.2, 0) is 4.79 Å². The van der Waals surface area contributed by atoms with Crippen LogP contribution in [0.25, 0.3) is 0 Å². The number of nitrogens with one attached hydrogen (secondary N) is 2. The molecule has 2 atom stereocenters. The second kappa shape index (κ2) is 6.01. The topological polar surface area (TPSA) is 41.1 Å². The standard InChI is InChI=1S/C15H24N2O/c1-9-7-10(2)14(11(3)8-9)12(4)17-13(5)15(18)16-6/h7-8,12-13,17H,1-6H3,(H,16,18). The van der Waals surface area contributed by atoms with E-state index in [1.54, 1.807) is 7.05 Å². The van der Waals surface area contributed by atoms with E-state index in [4.69, 9.17) is 0 Å².